The first-order chi connectivity index (χ1) is 8.66. The number of benzene rings is 1. The summed E-state index contributed by atoms with van der Waals surface area (Å²) in [5.41, 5.74) is 2.09. The van der Waals surface area contributed by atoms with E-state index in [2.05, 4.69) is 25.2 Å². The number of rotatable bonds is 4. The molecular formula is C16H24FN. The zero-order chi connectivity index (χ0) is 13.0. The molecule has 18 heavy (non-hydrogen) atoms. The molecule has 2 rings (SSSR count). The number of alkyl halides is 1. The normalized spacial score (nSPS) is 22.1. The van der Waals surface area contributed by atoms with Crippen molar-refractivity contribution in [2.24, 2.45) is 5.92 Å². The molecule has 1 aliphatic rings. The molecule has 1 N–H and O–H groups in total. The fourth-order valence-electron chi connectivity index (χ4n) is 2.72. The highest BCUT2D eigenvalue weighted by Gasteiger charge is 2.24. The van der Waals surface area contributed by atoms with Crippen LogP contribution in [0.2, 0.25) is 0 Å². The number of halogens is 1. The molecule has 1 heterocycles. The molecule has 0 aromatic heterocycles. The zero-order valence-electron chi connectivity index (χ0n) is 11.5. The molecule has 1 saturated heterocycles. The van der Waals surface area contributed by atoms with Crippen LogP contribution in [-0.2, 0) is 6.42 Å². The monoisotopic (exact) mass is 249 g/mol. The highest BCUT2D eigenvalue weighted by Crippen LogP contribution is 2.27. The molecule has 1 nitrogen and oxygen atoms in total. The van der Waals surface area contributed by atoms with Crippen LogP contribution < -0.4 is 5.32 Å². The molecule has 0 saturated carbocycles. The minimum absolute atomic E-state index is 0.00745. The SMILES string of the molecule is CC(C)Cc1cccc(C(F)C2CCCCN2)c1. The van der Waals surface area contributed by atoms with E-state index in [0.717, 1.165) is 31.4 Å². The summed E-state index contributed by atoms with van der Waals surface area (Å²) in [5, 5.41) is 3.30. The molecule has 1 aromatic carbocycles. The first-order valence-electron chi connectivity index (χ1n) is 7.13. The van der Waals surface area contributed by atoms with Gasteiger partial charge in [-0.1, -0.05) is 44.5 Å². The van der Waals surface area contributed by atoms with Gasteiger partial charge in [0.2, 0.25) is 0 Å². The maximum absolute atomic E-state index is 14.5. The minimum Gasteiger partial charge on any atom is -0.311 e. The van der Waals surface area contributed by atoms with Crippen LogP contribution in [0, 0.1) is 5.92 Å². The second kappa shape index (κ2) is 6.33. The van der Waals surface area contributed by atoms with Gasteiger partial charge in [-0.15, -0.1) is 0 Å². The number of piperidine rings is 1. The Labute approximate surface area is 110 Å². The molecule has 0 radical (unpaired) electrons. The van der Waals surface area contributed by atoms with Gasteiger partial charge in [0, 0.05) is 6.04 Å². The third kappa shape index (κ3) is 3.55. The molecule has 2 unspecified atom stereocenters. The first kappa shape index (κ1) is 13.5. The van der Waals surface area contributed by atoms with Crippen LogP contribution in [0.25, 0.3) is 0 Å². The highest BCUT2D eigenvalue weighted by atomic mass is 19.1. The molecule has 2 heteroatoms. The van der Waals surface area contributed by atoms with E-state index in [4.69, 9.17) is 0 Å². The summed E-state index contributed by atoms with van der Waals surface area (Å²) < 4.78 is 14.5. The lowest BCUT2D eigenvalue weighted by atomic mass is 9.93. The number of hydrogen-bond acceptors (Lipinski definition) is 1. The van der Waals surface area contributed by atoms with Gasteiger partial charge >= 0.3 is 0 Å². The van der Waals surface area contributed by atoms with Crippen LogP contribution in [0.3, 0.4) is 0 Å². The average Bonchev–Trinajstić information content (AvgIpc) is 2.38. The molecule has 1 aromatic rings. The van der Waals surface area contributed by atoms with Crippen LogP contribution in [0.15, 0.2) is 24.3 Å². The van der Waals surface area contributed by atoms with Crippen molar-refractivity contribution >= 4 is 0 Å². The van der Waals surface area contributed by atoms with E-state index < -0.39 is 6.17 Å². The highest BCUT2D eigenvalue weighted by molar-refractivity contribution is 5.26. The van der Waals surface area contributed by atoms with Crippen LogP contribution in [0.1, 0.15) is 50.4 Å². The molecule has 0 aliphatic carbocycles. The van der Waals surface area contributed by atoms with Gasteiger partial charge in [0.25, 0.3) is 0 Å². The van der Waals surface area contributed by atoms with E-state index in [1.807, 2.05) is 18.2 Å². The van der Waals surface area contributed by atoms with Crippen molar-refractivity contribution in [3.63, 3.8) is 0 Å². The predicted molar refractivity (Wildman–Crippen MR) is 74.5 cm³/mol. The summed E-state index contributed by atoms with van der Waals surface area (Å²) in [7, 11) is 0. The number of nitrogens with one attached hydrogen (secondary N) is 1. The van der Waals surface area contributed by atoms with Gasteiger partial charge in [0.05, 0.1) is 0 Å². The first-order valence-corrected chi connectivity index (χ1v) is 7.13. The fraction of sp³-hybridized carbons (Fsp3) is 0.625. The molecule has 1 aliphatic heterocycles. The number of hydrogen-bond donors (Lipinski definition) is 1. The zero-order valence-corrected chi connectivity index (χ0v) is 11.5. The molecule has 1 fully saturated rings. The van der Waals surface area contributed by atoms with Crippen molar-refractivity contribution < 1.29 is 4.39 Å². The van der Waals surface area contributed by atoms with Crippen LogP contribution >= 0.6 is 0 Å². The van der Waals surface area contributed by atoms with E-state index in [1.165, 1.54) is 12.0 Å². The van der Waals surface area contributed by atoms with E-state index in [0.29, 0.717) is 5.92 Å². The standard InChI is InChI=1S/C16H24FN/c1-12(2)10-13-6-5-7-14(11-13)16(17)15-8-3-4-9-18-15/h5-7,11-12,15-16,18H,3-4,8-10H2,1-2H3. The Balaban J connectivity index is 2.06. The third-order valence-electron chi connectivity index (χ3n) is 3.62. The Kier molecular flexibility index (Phi) is 4.76. The molecule has 0 spiro atoms. The molecule has 0 amide bonds. The molecule has 100 valence electrons. The van der Waals surface area contributed by atoms with Gasteiger partial charge in [0.15, 0.2) is 0 Å². The lowest BCUT2D eigenvalue weighted by molar-refractivity contribution is 0.221. The predicted octanol–water partition coefficient (Wildman–Crippen LogP) is 4.04. The van der Waals surface area contributed by atoms with Gasteiger partial charge in [-0.2, -0.15) is 0 Å². The lowest BCUT2D eigenvalue weighted by Gasteiger charge is -2.27. The Hall–Kier alpha value is -0.890. The Bertz CT molecular complexity index is 369. The van der Waals surface area contributed by atoms with Crippen molar-refractivity contribution in [2.75, 3.05) is 6.54 Å². The van der Waals surface area contributed by atoms with Crippen molar-refractivity contribution in [1.29, 1.82) is 0 Å². The quantitative estimate of drug-likeness (QED) is 0.849. The van der Waals surface area contributed by atoms with Gasteiger partial charge in [-0.25, -0.2) is 4.39 Å². The van der Waals surface area contributed by atoms with Crippen molar-refractivity contribution in [3.05, 3.63) is 35.4 Å². The second-order valence-electron chi connectivity index (χ2n) is 5.80. The minimum atomic E-state index is -0.864. The van der Waals surface area contributed by atoms with Gasteiger partial charge in [0.1, 0.15) is 6.17 Å². The van der Waals surface area contributed by atoms with E-state index in [9.17, 15) is 4.39 Å². The largest absolute Gasteiger partial charge is 0.311 e. The molecular weight excluding hydrogens is 225 g/mol. The maximum Gasteiger partial charge on any atom is 0.140 e. The maximum atomic E-state index is 14.5. The molecule has 2 atom stereocenters. The molecule has 0 bridgehead atoms. The summed E-state index contributed by atoms with van der Waals surface area (Å²) in [6.07, 6.45) is 3.44. The van der Waals surface area contributed by atoms with E-state index >= 15 is 0 Å². The lowest BCUT2D eigenvalue weighted by Crippen LogP contribution is -2.37. The van der Waals surface area contributed by atoms with Crippen molar-refractivity contribution in [3.8, 4) is 0 Å². The third-order valence-corrected chi connectivity index (χ3v) is 3.62. The fourth-order valence-corrected chi connectivity index (χ4v) is 2.72. The van der Waals surface area contributed by atoms with Gasteiger partial charge < -0.3 is 5.32 Å². The topological polar surface area (TPSA) is 12.0 Å². The summed E-state index contributed by atoms with van der Waals surface area (Å²) in [6.45, 7) is 5.35. The van der Waals surface area contributed by atoms with Crippen LogP contribution in [-0.4, -0.2) is 12.6 Å². The Morgan fingerprint density at radius 3 is 2.83 bits per heavy atom. The summed E-state index contributed by atoms with van der Waals surface area (Å²) in [4.78, 5) is 0. The van der Waals surface area contributed by atoms with Crippen LogP contribution in [0.4, 0.5) is 4.39 Å². The van der Waals surface area contributed by atoms with Crippen molar-refractivity contribution in [2.45, 2.75) is 51.7 Å². The van der Waals surface area contributed by atoms with Crippen molar-refractivity contribution in [1.82, 2.24) is 5.32 Å². The van der Waals surface area contributed by atoms with E-state index in [1.54, 1.807) is 0 Å². The Morgan fingerprint density at radius 2 is 2.17 bits per heavy atom. The average molecular weight is 249 g/mol. The summed E-state index contributed by atoms with van der Waals surface area (Å²) in [6, 6.07) is 8.06. The summed E-state index contributed by atoms with van der Waals surface area (Å²) >= 11 is 0. The smallest absolute Gasteiger partial charge is 0.140 e. The van der Waals surface area contributed by atoms with Gasteiger partial charge in [-0.05, 0) is 42.9 Å². The van der Waals surface area contributed by atoms with Crippen LogP contribution in [0.5, 0.6) is 0 Å². The second-order valence-corrected chi connectivity index (χ2v) is 5.80. The van der Waals surface area contributed by atoms with Gasteiger partial charge in [-0.3, -0.25) is 0 Å². The summed E-state index contributed by atoms with van der Waals surface area (Å²) in [5.74, 6) is 0.617. The van der Waals surface area contributed by atoms with E-state index in [-0.39, 0.29) is 6.04 Å². The Morgan fingerprint density at radius 1 is 1.33 bits per heavy atom.